The van der Waals surface area contributed by atoms with Gasteiger partial charge in [0, 0.05) is 6.54 Å². The molecular weight excluding hydrogens is 418 g/mol. The molecule has 1 aliphatic rings. The number of carbonyl (C=O) groups excluding carboxylic acids is 1. The number of hydrogen-bond donors (Lipinski definition) is 0. The van der Waals surface area contributed by atoms with E-state index in [1.807, 2.05) is 6.07 Å². The van der Waals surface area contributed by atoms with Crippen molar-refractivity contribution in [2.24, 2.45) is 0 Å². The molecule has 0 unspecified atom stereocenters. The van der Waals surface area contributed by atoms with Gasteiger partial charge in [-0.3, -0.25) is 0 Å². The largest absolute Gasteiger partial charge is 0.415 e. The maximum atomic E-state index is 12.5. The van der Waals surface area contributed by atoms with Crippen LogP contribution < -0.4 is 8.92 Å². The zero-order valence-electron chi connectivity index (χ0n) is 16.6. The van der Waals surface area contributed by atoms with Gasteiger partial charge in [0.2, 0.25) is 0 Å². The van der Waals surface area contributed by atoms with Crippen molar-refractivity contribution in [2.75, 3.05) is 19.7 Å². The lowest BCUT2D eigenvalue weighted by atomic mass is 10.1. The molecule has 3 aromatic carbocycles. The van der Waals surface area contributed by atoms with E-state index in [4.69, 9.17) is 13.7 Å². The normalized spacial score (nSPS) is 16.5. The summed E-state index contributed by atoms with van der Waals surface area (Å²) in [5.41, 5.74) is 0.807. The van der Waals surface area contributed by atoms with Gasteiger partial charge in [0.25, 0.3) is 0 Å². The summed E-state index contributed by atoms with van der Waals surface area (Å²) in [6, 6.07) is 23.4. The lowest BCUT2D eigenvalue weighted by Crippen LogP contribution is -2.43. The Hall–Kier alpha value is -3.36. The third kappa shape index (κ3) is 5.22. The second-order valence-electron chi connectivity index (χ2n) is 6.91. The fourth-order valence-corrected chi connectivity index (χ4v) is 4.12. The van der Waals surface area contributed by atoms with Gasteiger partial charge in [-0.05, 0) is 42.0 Å². The summed E-state index contributed by atoms with van der Waals surface area (Å²) in [5, 5.41) is 0. The topological polar surface area (TPSA) is 82.1 Å². The molecule has 0 spiro atoms. The number of nitrogens with zero attached hydrogens (tertiary/aromatic N) is 1. The lowest BCUT2D eigenvalue weighted by molar-refractivity contribution is -0.0218. The van der Waals surface area contributed by atoms with Gasteiger partial charge in [-0.2, -0.15) is 8.42 Å². The molecule has 0 radical (unpaired) electrons. The summed E-state index contributed by atoms with van der Waals surface area (Å²) in [7, 11) is -3.90. The van der Waals surface area contributed by atoms with Crippen LogP contribution in [0.3, 0.4) is 0 Å². The first kappa shape index (κ1) is 20.9. The average molecular weight is 439 g/mol. The van der Waals surface area contributed by atoms with Crippen molar-refractivity contribution < 1.29 is 26.9 Å². The van der Waals surface area contributed by atoms with Crippen molar-refractivity contribution in [1.29, 1.82) is 0 Å². The second-order valence-corrected chi connectivity index (χ2v) is 8.45. The number of hydrogen-bond acceptors (Lipinski definition) is 6. The number of morpholine rings is 1. The maximum absolute atomic E-state index is 12.5. The van der Waals surface area contributed by atoms with Crippen molar-refractivity contribution >= 4 is 16.2 Å². The SMILES string of the molecule is O=C(Oc1ccccc1)N1CCO[C@H](c2ccc(OS(=O)(=O)c3ccccc3)cc2)C1. The van der Waals surface area contributed by atoms with Crippen molar-refractivity contribution in [3.8, 4) is 11.5 Å². The van der Waals surface area contributed by atoms with Gasteiger partial charge in [-0.1, -0.05) is 48.5 Å². The highest BCUT2D eigenvalue weighted by atomic mass is 32.2. The van der Waals surface area contributed by atoms with Crippen LogP contribution in [0.4, 0.5) is 4.79 Å². The Balaban J connectivity index is 1.40. The van der Waals surface area contributed by atoms with E-state index in [-0.39, 0.29) is 16.7 Å². The molecule has 1 aliphatic heterocycles. The maximum Gasteiger partial charge on any atom is 0.415 e. The molecule has 8 heteroatoms. The highest BCUT2D eigenvalue weighted by Gasteiger charge is 2.27. The number of ether oxygens (including phenoxy) is 2. The minimum absolute atomic E-state index is 0.0854. The number of para-hydroxylation sites is 1. The van der Waals surface area contributed by atoms with Gasteiger partial charge in [0.15, 0.2) is 0 Å². The van der Waals surface area contributed by atoms with E-state index < -0.39 is 16.2 Å². The molecule has 4 rings (SSSR count). The summed E-state index contributed by atoms with van der Waals surface area (Å²) >= 11 is 0. The van der Waals surface area contributed by atoms with Crippen LogP contribution in [0.25, 0.3) is 0 Å². The molecular formula is C23H21NO6S. The van der Waals surface area contributed by atoms with E-state index in [0.717, 1.165) is 5.56 Å². The van der Waals surface area contributed by atoms with Crippen molar-refractivity contribution in [3.05, 3.63) is 90.5 Å². The fraction of sp³-hybridized carbons (Fsp3) is 0.174. The highest BCUT2D eigenvalue weighted by molar-refractivity contribution is 7.87. The number of carbonyl (C=O) groups is 1. The summed E-state index contributed by atoms with van der Waals surface area (Å²) in [5.74, 6) is 0.681. The predicted octanol–water partition coefficient (Wildman–Crippen LogP) is 4.03. The summed E-state index contributed by atoms with van der Waals surface area (Å²) in [4.78, 5) is 14.1. The first-order valence-electron chi connectivity index (χ1n) is 9.74. The Labute approximate surface area is 180 Å². The van der Waals surface area contributed by atoms with Crippen molar-refractivity contribution in [3.63, 3.8) is 0 Å². The van der Waals surface area contributed by atoms with Crippen molar-refractivity contribution in [1.82, 2.24) is 4.90 Å². The van der Waals surface area contributed by atoms with E-state index in [1.165, 1.54) is 12.1 Å². The van der Waals surface area contributed by atoms with Gasteiger partial charge in [-0.15, -0.1) is 0 Å². The monoisotopic (exact) mass is 439 g/mol. The van der Waals surface area contributed by atoms with Crippen LogP contribution in [0.1, 0.15) is 11.7 Å². The predicted molar refractivity (Wildman–Crippen MR) is 113 cm³/mol. The Morgan fingerprint density at radius 1 is 0.871 bits per heavy atom. The molecule has 1 saturated heterocycles. The molecule has 0 saturated carbocycles. The lowest BCUT2D eigenvalue weighted by Gasteiger charge is -2.32. The van der Waals surface area contributed by atoms with Gasteiger partial charge in [0.1, 0.15) is 22.5 Å². The zero-order chi connectivity index (χ0) is 21.7. The van der Waals surface area contributed by atoms with Crippen LogP contribution in [-0.2, 0) is 14.9 Å². The molecule has 31 heavy (non-hydrogen) atoms. The third-order valence-electron chi connectivity index (χ3n) is 4.76. The molecule has 7 nitrogen and oxygen atoms in total. The first-order valence-corrected chi connectivity index (χ1v) is 11.1. The van der Waals surface area contributed by atoms with Crippen LogP contribution in [0, 0.1) is 0 Å². The minimum Gasteiger partial charge on any atom is -0.410 e. The molecule has 1 fully saturated rings. The van der Waals surface area contributed by atoms with Crippen LogP contribution in [-0.4, -0.2) is 39.1 Å². The van der Waals surface area contributed by atoms with Crippen LogP contribution >= 0.6 is 0 Å². The van der Waals surface area contributed by atoms with E-state index in [2.05, 4.69) is 0 Å². The second kappa shape index (κ2) is 9.20. The molecule has 0 bridgehead atoms. The standard InChI is InChI=1S/C23H21NO6S/c25-23(29-19-7-3-1-4-8-19)24-15-16-28-22(17-24)18-11-13-20(14-12-18)30-31(26,27)21-9-5-2-6-10-21/h1-14,22H,15-17H2/t22-/m0/s1. The minimum atomic E-state index is -3.90. The average Bonchev–Trinajstić information content (AvgIpc) is 2.81. The van der Waals surface area contributed by atoms with Gasteiger partial charge < -0.3 is 18.6 Å². The Kier molecular flexibility index (Phi) is 6.20. The first-order chi connectivity index (χ1) is 15.0. The molecule has 0 aromatic heterocycles. The van der Waals surface area contributed by atoms with E-state index in [9.17, 15) is 13.2 Å². The number of benzene rings is 3. The highest BCUT2D eigenvalue weighted by Crippen LogP contribution is 2.26. The molecule has 3 aromatic rings. The van der Waals surface area contributed by atoms with Crippen molar-refractivity contribution in [2.45, 2.75) is 11.0 Å². The molecule has 0 N–H and O–H groups in total. The van der Waals surface area contributed by atoms with Crippen LogP contribution in [0.15, 0.2) is 89.8 Å². The van der Waals surface area contributed by atoms with Gasteiger partial charge >= 0.3 is 16.2 Å². The Morgan fingerprint density at radius 2 is 1.52 bits per heavy atom. The zero-order valence-corrected chi connectivity index (χ0v) is 17.4. The number of amides is 1. The Morgan fingerprint density at radius 3 is 2.19 bits per heavy atom. The van der Waals surface area contributed by atoms with Gasteiger partial charge in [0.05, 0.1) is 13.2 Å². The quantitative estimate of drug-likeness (QED) is 0.559. The fourth-order valence-electron chi connectivity index (χ4n) is 3.17. The van der Waals surface area contributed by atoms with Crippen LogP contribution in [0.5, 0.6) is 11.5 Å². The molecule has 1 amide bonds. The third-order valence-corrected chi connectivity index (χ3v) is 6.02. The van der Waals surface area contributed by atoms with E-state index in [0.29, 0.717) is 25.4 Å². The summed E-state index contributed by atoms with van der Waals surface area (Å²) in [6.07, 6.45) is -0.787. The molecule has 1 atom stereocenters. The Bertz CT molecular complexity index is 1120. The smallest absolute Gasteiger partial charge is 0.410 e. The summed E-state index contributed by atoms with van der Waals surface area (Å²) < 4.78 is 41.1. The summed E-state index contributed by atoms with van der Waals surface area (Å²) in [6.45, 7) is 1.13. The molecule has 1 heterocycles. The number of rotatable bonds is 5. The van der Waals surface area contributed by atoms with Crippen LogP contribution in [0.2, 0.25) is 0 Å². The van der Waals surface area contributed by atoms with E-state index in [1.54, 1.807) is 71.6 Å². The van der Waals surface area contributed by atoms with Gasteiger partial charge in [-0.25, -0.2) is 4.79 Å². The molecule has 0 aliphatic carbocycles. The molecule has 160 valence electrons. The van der Waals surface area contributed by atoms with E-state index >= 15 is 0 Å².